The number of rotatable bonds is 5. The van der Waals surface area contributed by atoms with Crippen molar-refractivity contribution in [3.05, 3.63) is 84.2 Å². The van der Waals surface area contributed by atoms with E-state index >= 15 is 0 Å². The molecule has 0 spiro atoms. The van der Waals surface area contributed by atoms with Gasteiger partial charge in [-0.15, -0.1) is 6.58 Å². The Labute approximate surface area is 158 Å². The second-order valence-corrected chi connectivity index (χ2v) is 6.67. The van der Waals surface area contributed by atoms with E-state index in [1.165, 1.54) is 12.1 Å². The molecule has 0 unspecified atom stereocenters. The first-order valence-electron chi connectivity index (χ1n) is 9.11. The summed E-state index contributed by atoms with van der Waals surface area (Å²) < 4.78 is 14.2. The van der Waals surface area contributed by atoms with Crippen LogP contribution in [0.3, 0.4) is 0 Å². The molecule has 1 fully saturated rings. The molecular weight excluding hydrogens is 343 g/mol. The summed E-state index contributed by atoms with van der Waals surface area (Å²) >= 11 is 0. The van der Waals surface area contributed by atoms with Crippen molar-refractivity contribution in [3.63, 3.8) is 0 Å². The molecule has 0 radical (unpaired) electrons. The van der Waals surface area contributed by atoms with Gasteiger partial charge in [-0.3, -0.25) is 9.59 Å². The highest BCUT2D eigenvalue weighted by Gasteiger charge is 2.36. The molecule has 2 aromatic rings. The van der Waals surface area contributed by atoms with Crippen molar-refractivity contribution < 1.29 is 14.0 Å². The molecule has 2 aromatic carbocycles. The van der Waals surface area contributed by atoms with Crippen LogP contribution in [-0.4, -0.2) is 29.8 Å². The van der Waals surface area contributed by atoms with Crippen LogP contribution < -0.4 is 5.32 Å². The minimum atomic E-state index is -0.549. The van der Waals surface area contributed by atoms with Crippen LogP contribution in [0.5, 0.6) is 0 Å². The van der Waals surface area contributed by atoms with Gasteiger partial charge in [-0.05, 0) is 30.5 Å². The normalized spacial score (nSPS) is 19.4. The van der Waals surface area contributed by atoms with Gasteiger partial charge in [-0.1, -0.05) is 48.5 Å². The van der Waals surface area contributed by atoms with Crippen LogP contribution in [0.4, 0.5) is 4.39 Å². The van der Waals surface area contributed by atoms with Crippen LogP contribution >= 0.6 is 0 Å². The number of amides is 2. The van der Waals surface area contributed by atoms with Gasteiger partial charge in [0.1, 0.15) is 5.82 Å². The molecule has 0 bridgehead atoms. The van der Waals surface area contributed by atoms with E-state index in [1.54, 1.807) is 23.1 Å². The predicted molar refractivity (Wildman–Crippen MR) is 103 cm³/mol. The molecule has 0 saturated carbocycles. The molecule has 0 aliphatic carbocycles. The standard InChI is InChI=1S/C22H23FN2O2/c1-2-14-24-21(26)17-12-13-20(16-8-4-3-5-9-16)25(15-17)22(27)18-10-6-7-11-19(18)23/h2-11,17,20H,1,12-15H2,(H,24,26)/t17-,20-/m0/s1. The fourth-order valence-corrected chi connectivity index (χ4v) is 3.54. The highest BCUT2D eigenvalue weighted by molar-refractivity contribution is 5.95. The van der Waals surface area contributed by atoms with E-state index in [4.69, 9.17) is 0 Å². The number of carbonyl (C=O) groups is 2. The Morgan fingerprint density at radius 3 is 2.52 bits per heavy atom. The number of carbonyl (C=O) groups excluding carboxylic acids is 2. The van der Waals surface area contributed by atoms with Gasteiger partial charge in [-0.25, -0.2) is 4.39 Å². The molecule has 2 atom stereocenters. The van der Waals surface area contributed by atoms with Crippen LogP contribution in [0.25, 0.3) is 0 Å². The Bertz CT molecular complexity index is 822. The van der Waals surface area contributed by atoms with Gasteiger partial charge in [0.15, 0.2) is 0 Å². The van der Waals surface area contributed by atoms with Crippen LogP contribution in [-0.2, 0) is 4.79 Å². The second kappa shape index (κ2) is 8.62. The minimum absolute atomic E-state index is 0.0329. The summed E-state index contributed by atoms with van der Waals surface area (Å²) in [5.74, 6) is -1.36. The summed E-state index contributed by atoms with van der Waals surface area (Å²) in [5.41, 5.74) is 1.03. The summed E-state index contributed by atoms with van der Waals surface area (Å²) in [5, 5.41) is 2.80. The monoisotopic (exact) mass is 366 g/mol. The zero-order chi connectivity index (χ0) is 19.2. The highest BCUT2D eigenvalue weighted by atomic mass is 19.1. The molecule has 1 N–H and O–H groups in total. The summed E-state index contributed by atoms with van der Waals surface area (Å²) in [6.07, 6.45) is 2.94. The van der Waals surface area contributed by atoms with Crippen molar-refractivity contribution >= 4 is 11.8 Å². The molecule has 4 nitrogen and oxygen atoms in total. The average Bonchev–Trinajstić information content (AvgIpc) is 2.72. The lowest BCUT2D eigenvalue weighted by Crippen LogP contribution is -2.47. The number of nitrogens with one attached hydrogen (secondary N) is 1. The predicted octanol–water partition coefficient (Wildman–Crippen LogP) is 3.72. The molecule has 27 heavy (non-hydrogen) atoms. The smallest absolute Gasteiger partial charge is 0.257 e. The highest BCUT2D eigenvalue weighted by Crippen LogP contribution is 2.34. The summed E-state index contributed by atoms with van der Waals surface area (Å²) in [7, 11) is 0. The molecule has 140 valence electrons. The fraction of sp³-hybridized carbons (Fsp3) is 0.273. The quantitative estimate of drug-likeness (QED) is 0.820. The van der Waals surface area contributed by atoms with Crippen molar-refractivity contribution in [3.8, 4) is 0 Å². The van der Waals surface area contributed by atoms with Crippen molar-refractivity contribution in [1.82, 2.24) is 10.2 Å². The second-order valence-electron chi connectivity index (χ2n) is 6.67. The molecule has 1 aliphatic heterocycles. The number of nitrogens with zero attached hydrogens (tertiary/aromatic N) is 1. The average molecular weight is 366 g/mol. The molecule has 1 aliphatic rings. The van der Waals surface area contributed by atoms with E-state index in [-0.39, 0.29) is 35.9 Å². The van der Waals surface area contributed by atoms with Gasteiger partial charge in [0, 0.05) is 13.1 Å². The Morgan fingerprint density at radius 1 is 1.11 bits per heavy atom. The van der Waals surface area contributed by atoms with Gasteiger partial charge in [0.25, 0.3) is 5.91 Å². The molecule has 1 heterocycles. The summed E-state index contributed by atoms with van der Waals surface area (Å²) in [6, 6.07) is 15.5. The van der Waals surface area contributed by atoms with Crippen LogP contribution in [0.15, 0.2) is 67.3 Å². The third kappa shape index (κ3) is 4.25. The third-order valence-corrected chi connectivity index (χ3v) is 4.92. The minimum Gasteiger partial charge on any atom is -0.352 e. The van der Waals surface area contributed by atoms with Crippen LogP contribution in [0.2, 0.25) is 0 Å². The van der Waals surface area contributed by atoms with Gasteiger partial charge < -0.3 is 10.2 Å². The van der Waals surface area contributed by atoms with Gasteiger partial charge in [0.05, 0.1) is 17.5 Å². The summed E-state index contributed by atoms with van der Waals surface area (Å²) in [4.78, 5) is 27.2. The molecule has 0 aromatic heterocycles. The number of halogens is 1. The van der Waals surface area contributed by atoms with Crippen molar-refractivity contribution in [2.75, 3.05) is 13.1 Å². The van der Waals surface area contributed by atoms with Crippen molar-refractivity contribution in [2.45, 2.75) is 18.9 Å². The van der Waals surface area contributed by atoms with Crippen LogP contribution in [0.1, 0.15) is 34.8 Å². The SMILES string of the molecule is C=CCNC(=O)[C@H]1CC[C@@H](c2ccccc2)N(C(=O)c2ccccc2F)C1. The number of hydrogen-bond acceptors (Lipinski definition) is 2. The third-order valence-electron chi connectivity index (χ3n) is 4.92. The Kier molecular flexibility index (Phi) is 6.01. The maximum absolute atomic E-state index is 14.2. The molecule has 3 rings (SSSR count). The molecule has 5 heteroatoms. The van der Waals surface area contributed by atoms with Gasteiger partial charge >= 0.3 is 0 Å². The number of piperidine rings is 1. The first kappa shape index (κ1) is 18.8. The topological polar surface area (TPSA) is 49.4 Å². The largest absolute Gasteiger partial charge is 0.352 e. The fourth-order valence-electron chi connectivity index (χ4n) is 3.54. The zero-order valence-corrected chi connectivity index (χ0v) is 15.1. The maximum Gasteiger partial charge on any atom is 0.257 e. The Morgan fingerprint density at radius 2 is 1.81 bits per heavy atom. The van der Waals surface area contributed by atoms with E-state index in [0.717, 1.165) is 5.56 Å². The molecule has 2 amide bonds. The molecule has 1 saturated heterocycles. The van der Waals surface area contributed by atoms with E-state index in [2.05, 4.69) is 11.9 Å². The lowest BCUT2D eigenvalue weighted by atomic mass is 9.87. The Balaban J connectivity index is 1.89. The first-order chi connectivity index (χ1) is 13.1. The Hall–Kier alpha value is -2.95. The number of hydrogen-bond donors (Lipinski definition) is 1. The van der Waals surface area contributed by atoms with Gasteiger partial charge in [0.2, 0.25) is 5.91 Å². The van der Waals surface area contributed by atoms with Crippen molar-refractivity contribution in [2.24, 2.45) is 5.92 Å². The zero-order valence-electron chi connectivity index (χ0n) is 15.1. The van der Waals surface area contributed by atoms with E-state index in [0.29, 0.717) is 19.4 Å². The van der Waals surface area contributed by atoms with E-state index < -0.39 is 5.82 Å². The van der Waals surface area contributed by atoms with Crippen LogP contribution in [0, 0.1) is 11.7 Å². The molecular formula is C22H23FN2O2. The number of benzene rings is 2. The lowest BCUT2D eigenvalue weighted by Gasteiger charge is -2.39. The van der Waals surface area contributed by atoms with Gasteiger partial charge in [-0.2, -0.15) is 0 Å². The summed E-state index contributed by atoms with van der Waals surface area (Å²) in [6.45, 7) is 4.25. The van der Waals surface area contributed by atoms with E-state index in [9.17, 15) is 14.0 Å². The number of likely N-dealkylation sites (tertiary alicyclic amines) is 1. The van der Waals surface area contributed by atoms with Crippen molar-refractivity contribution in [1.29, 1.82) is 0 Å². The van der Waals surface area contributed by atoms with E-state index in [1.807, 2.05) is 30.3 Å². The maximum atomic E-state index is 14.2. The first-order valence-corrected chi connectivity index (χ1v) is 9.11. The lowest BCUT2D eigenvalue weighted by molar-refractivity contribution is -0.126.